The molecule has 0 heteroatoms. The van der Waals surface area contributed by atoms with Crippen molar-refractivity contribution in [1.29, 1.82) is 0 Å². The zero-order valence-corrected chi connectivity index (χ0v) is 5.48. The van der Waals surface area contributed by atoms with Crippen molar-refractivity contribution in [3.05, 3.63) is 12.2 Å². The van der Waals surface area contributed by atoms with E-state index in [4.69, 9.17) is 0 Å². The van der Waals surface area contributed by atoms with Crippen LogP contribution in [0, 0.1) is 12.0 Å². The Morgan fingerprint density at radius 2 is 2.00 bits per heavy atom. The summed E-state index contributed by atoms with van der Waals surface area (Å²) in [6.07, 6.45) is 11.0. The van der Waals surface area contributed by atoms with Gasteiger partial charge in [-0.3, -0.25) is 0 Å². The molecule has 0 unspecified atom stereocenters. The van der Waals surface area contributed by atoms with Gasteiger partial charge in [0.1, 0.15) is 0 Å². The Hall–Kier alpha value is -0.260. The van der Waals surface area contributed by atoms with E-state index in [2.05, 4.69) is 19.1 Å². The lowest BCUT2D eigenvalue weighted by molar-refractivity contribution is 0.665. The minimum Gasteiger partial charge on any atom is -0.0839 e. The zero-order valence-electron chi connectivity index (χ0n) is 5.48. The molecule has 0 atom stereocenters. The van der Waals surface area contributed by atoms with E-state index in [1.807, 2.05) is 0 Å². The van der Waals surface area contributed by atoms with Gasteiger partial charge in [-0.1, -0.05) is 18.9 Å². The first-order valence-corrected chi connectivity index (χ1v) is 3.47. The topological polar surface area (TPSA) is 0 Å². The van der Waals surface area contributed by atoms with E-state index >= 15 is 0 Å². The van der Waals surface area contributed by atoms with Gasteiger partial charge in [0.15, 0.2) is 0 Å². The van der Waals surface area contributed by atoms with Gasteiger partial charge in [0.05, 0.1) is 0 Å². The summed E-state index contributed by atoms with van der Waals surface area (Å²) in [4.78, 5) is 0. The lowest BCUT2D eigenvalue weighted by atomic mass is 10.1. The van der Waals surface area contributed by atoms with E-state index in [9.17, 15) is 0 Å². The fourth-order valence-electron chi connectivity index (χ4n) is 1.33. The third-order valence-corrected chi connectivity index (χ3v) is 1.76. The van der Waals surface area contributed by atoms with Crippen molar-refractivity contribution in [3.63, 3.8) is 0 Å². The van der Waals surface area contributed by atoms with Gasteiger partial charge < -0.3 is 0 Å². The van der Waals surface area contributed by atoms with Gasteiger partial charge in [0, 0.05) is 0 Å². The summed E-state index contributed by atoms with van der Waals surface area (Å²) < 4.78 is 0. The number of allylic oxidation sites excluding steroid dienone is 2. The molecule has 0 aliphatic heterocycles. The van der Waals surface area contributed by atoms with Crippen LogP contribution in [-0.4, -0.2) is 0 Å². The minimum atomic E-state index is 0.806. The number of hydrogen-bond acceptors (Lipinski definition) is 0. The van der Waals surface area contributed by atoms with E-state index in [1.54, 1.807) is 0 Å². The maximum absolute atomic E-state index is 3.32. The standard InChI is InChI=1S/C8H13/c1-2-5-8-6-3-4-7-8/h2,8H,3-4,6-7H2,1H3. The van der Waals surface area contributed by atoms with E-state index in [0.717, 1.165) is 5.92 Å². The molecule has 8 heavy (non-hydrogen) atoms. The molecule has 1 aliphatic carbocycles. The van der Waals surface area contributed by atoms with Crippen LogP contribution in [0.2, 0.25) is 0 Å². The molecule has 1 saturated carbocycles. The molecular formula is C8H13. The van der Waals surface area contributed by atoms with Crippen LogP contribution in [0.25, 0.3) is 0 Å². The fourth-order valence-corrected chi connectivity index (χ4v) is 1.33. The molecule has 0 saturated heterocycles. The van der Waals surface area contributed by atoms with Crippen LogP contribution in [0.1, 0.15) is 32.6 Å². The molecule has 1 aliphatic rings. The fraction of sp³-hybridized carbons (Fsp3) is 0.750. The largest absolute Gasteiger partial charge is 0.0839 e. The molecule has 1 radical (unpaired) electrons. The van der Waals surface area contributed by atoms with Crippen LogP contribution >= 0.6 is 0 Å². The Kier molecular flexibility index (Phi) is 2.13. The molecular weight excluding hydrogens is 96.1 g/mol. The normalized spacial score (nSPS) is 23.1. The summed E-state index contributed by atoms with van der Waals surface area (Å²) >= 11 is 0. The molecule has 0 N–H and O–H groups in total. The predicted molar refractivity (Wildman–Crippen MR) is 35.4 cm³/mol. The van der Waals surface area contributed by atoms with Crippen molar-refractivity contribution in [2.75, 3.05) is 0 Å². The van der Waals surface area contributed by atoms with Gasteiger partial charge in [-0.25, -0.2) is 0 Å². The van der Waals surface area contributed by atoms with Crippen molar-refractivity contribution in [2.45, 2.75) is 32.6 Å². The molecule has 0 aromatic carbocycles. The van der Waals surface area contributed by atoms with Crippen LogP contribution in [0.4, 0.5) is 0 Å². The zero-order chi connectivity index (χ0) is 5.82. The molecule has 0 heterocycles. The van der Waals surface area contributed by atoms with E-state index in [0.29, 0.717) is 0 Å². The third kappa shape index (κ3) is 1.36. The summed E-state index contributed by atoms with van der Waals surface area (Å²) in [6, 6.07) is 0. The molecule has 0 bridgehead atoms. The van der Waals surface area contributed by atoms with Gasteiger partial charge in [-0.05, 0) is 31.8 Å². The summed E-state index contributed by atoms with van der Waals surface area (Å²) in [5.41, 5.74) is 0. The smallest absolute Gasteiger partial charge is 0.0163 e. The minimum absolute atomic E-state index is 0.806. The van der Waals surface area contributed by atoms with Crippen LogP contribution in [0.15, 0.2) is 6.08 Å². The van der Waals surface area contributed by atoms with E-state index in [1.165, 1.54) is 25.7 Å². The van der Waals surface area contributed by atoms with Gasteiger partial charge in [-0.2, -0.15) is 0 Å². The summed E-state index contributed by atoms with van der Waals surface area (Å²) in [7, 11) is 0. The number of rotatable bonds is 1. The second kappa shape index (κ2) is 2.91. The lowest BCUT2D eigenvalue weighted by Crippen LogP contribution is -1.84. The number of hydrogen-bond donors (Lipinski definition) is 0. The molecule has 0 amide bonds. The van der Waals surface area contributed by atoms with Crippen LogP contribution < -0.4 is 0 Å². The van der Waals surface area contributed by atoms with E-state index < -0.39 is 0 Å². The average molecular weight is 109 g/mol. The first kappa shape index (κ1) is 5.87. The monoisotopic (exact) mass is 109 g/mol. The Bertz CT molecular complexity index is 76.0. The second-order valence-corrected chi connectivity index (χ2v) is 2.44. The van der Waals surface area contributed by atoms with Crippen molar-refractivity contribution in [3.8, 4) is 0 Å². The van der Waals surface area contributed by atoms with Gasteiger partial charge >= 0.3 is 0 Å². The van der Waals surface area contributed by atoms with Gasteiger partial charge in [0.25, 0.3) is 0 Å². The van der Waals surface area contributed by atoms with Gasteiger partial charge in [0.2, 0.25) is 0 Å². The van der Waals surface area contributed by atoms with Crippen LogP contribution in [-0.2, 0) is 0 Å². The highest BCUT2D eigenvalue weighted by molar-refractivity contribution is 4.80. The highest BCUT2D eigenvalue weighted by Gasteiger charge is 2.10. The lowest BCUT2D eigenvalue weighted by Gasteiger charge is -1.95. The van der Waals surface area contributed by atoms with Crippen molar-refractivity contribution in [2.24, 2.45) is 5.92 Å². The Morgan fingerprint density at radius 3 is 2.50 bits per heavy atom. The first-order valence-electron chi connectivity index (χ1n) is 3.47. The highest BCUT2D eigenvalue weighted by Crippen LogP contribution is 2.24. The third-order valence-electron chi connectivity index (χ3n) is 1.76. The van der Waals surface area contributed by atoms with Crippen molar-refractivity contribution < 1.29 is 0 Å². The highest BCUT2D eigenvalue weighted by atomic mass is 14.2. The molecule has 0 aromatic heterocycles. The predicted octanol–water partition coefficient (Wildman–Crippen LogP) is 2.56. The maximum Gasteiger partial charge on any atom is -0.0163 e. The molecule has 1 fully saturated rings. The quantitative estimate of drug-likeness (QED) is 0.485. The Morgan fingerprint density at radius 1 is 1.38 bits per heavy atom. The van der Waals surface area contributed by atoms with Crippen molar-refractivity contribution in [1.82, 2.24) is 0 Å². The maximum atomic E-state index is 3.32. The van der Waals surface area contributed by atoms with E-state index in [-0.39, 0.29) is 0 Å². The van der Waals surface area contributed by atoms with Crippen molar-refractivity contribution >= 4 is 0 Å². The summed E-state index contributed by atoms with van der Waals surface area (Å²) in [6.45, 7) is 2.05. The molecule has 45 valence electrons. The molecule has 0 nitrogen and oxygen atoms in total. The molecule has 1 rings (SSSR count). The van der Waals surface area contributed by atoms with Gasteiger partial charge in [-0.15, -0.1) is 0 Å². The Balaban J connectivity index is 2.24. The van der Waals surface area contributed by atoms with Crippen LogP contribution in [0.5, 0.6) is 0 Å². The summed E-state index contributed by atoms with van der Waals surface area (Å²) in [5.74, 6) is 0.806. The van der Waals surface area contributed by atoms with Crippen LogP contribution in [0.3, 0.4) is 0 Å². The summed E-state index contributed by atoms with van der Waals surface area (Å²) in [5, 5.41) is 0. The SMILES string of the molecule is C/C=[C]/C1CCCC1. The first-order chi connectivity index (χ1) is 3.93. The average Bonchev–Trinajstić information content (AvgIpc) is 2.19. The molecule has 0 aromatic rings. The molecule has 0 spiro atoms. The second-order valence-electron chi connectivity index (χ2n) is 2.44. The Labute approximate surface area is 51.6 Å².